The summed E-state index contributed by atoms with van der Waals surface area (Å²) in [5.41, 5.74) is 4.88. The van der Waals surface area contributed by atoms with E-state index in [9.17, 15) is 32.3 Å². The number of alkyl halides is 3. The summed E-state index contributed by atoms with van der Waals surface area (Å²) in [6, 6.07) is 5.78. The first-order valence-electron chi connectivity index (χ1n) is 14.1. The molecule has 0 bridgehead atoms. The predicted octanol–water partition coefficient (Wildman–Crippen LogP) is 4.61. The molecule has 1 amide bonds. The minimum absolute atomic E-state index is 0.00745. The highest BCUT2D eigenvalue weighted by atomic mass is 19.4. The number of aromatic amines is 1. The van der Waals surface area contributed by atoms with Gasteiger partial charge in [-0.3, -0.25) is 14.4 Å². The van der Waals surface area contributed by atoms with E-state index in [1.54, 1.807) is 0 Å². The lowest BCUT2D eigenvalue weighted by Crippen LogP contribution is -2.40. The van der Waals surface area contributed by atoms with Crippen molar-refractivity contribution in [3.63, 3.8) is 0 Å². The molecule has 1 aromatic carbocycles. The largest absolute Gasteiger partial charge is 0.469 e. The Kier molecular flexibility index (Phi) is 14.8. The molecule has 244 valence electrons. The van der Waals surface area contributed by atoms with Crippen molar-refractivity contribution in [2.75, 3.05) is 14.2 Å². The molecule has 0 fully saturated rings. The van der Waals surface area contributed by atoms with Gasteiger partial charge in [-0.15, -0.1) is 0 Å². The third-order valence-electron chi connectivity index (χ3n) is 6.47. The number of methoxy groups -OCH3 is 2. The number of fused-ring (bicyclic) bond motifs is 1. The third kappa shape index (κ3) is 10.8. The molecule has 0 aliphatic heterocycles. The summed E-state index contributed by atoms with van der Waals surface area (Å²) in [6.45, 7) is 11.6. The average molecular weight is 626 g/mol. The number of carbonyl (C=O) groups excluding carboxylic acids is 3. The second-order valence-electron chi connectivity index (χ2n) is 10.2. The lowest BCUT2D eigenvalue weighted by molar-refractivity contribution is -0.142. The first-order chi connectivity index (χ1) is 20.6. The Morgan fingerprint density at radius 2 is 1.57 bits per heavy atom. The molecule has 0 radical (unpaired) electrons. The van der Waals surface area contributed by atoms with Gasteiger partial charge in [-0.2, -0.15) is 13.2 Å². The van der Waals surface area contributed by atoms with Crippen LogP contribution in [0.5, 0.6) is 0 Å². The van der Waals surface area contributed by atoms with Crippen LogP contribution < -0.4 is 16.7 Å². The van der Waals surface area contributed by atoms with Gasteiger partial charge in [0.25, 0.3) is 5.91 Å². The molecular weight excluding hydrogens is 583 g/mol. The molecule has 0 spiro atoms. The van der Waals surface area contributed by atoms with E-state index in [0.717, 1.165) is 16.7 Å². The molecule has 3 rings (SSSR count). The van der Waals surface area contributed by atoms with Crippen LogP contribution in [0, 0.1) is 11.8 Å². The summed E-state index contributed by atoms with van der Waals surface area (Å²) in [4.78, 5) is 53.8. The third-order valence-corrected chi connectivity index (χ3v) is 6.47. The molecule has 0 aliphatic rings. The average Bonchev–Trinajstić information content (AvgIpc) is 3.32. The molecular formula is C30H42F3N5O6. The molecule has 4 N–H and O–H groups in total. The van der Waals surface area contributed by atoms with Gasteiger partial charge in [-0.1, -0.05) is 41.5 Å². The van der Waals surface area contributed by atoms with Crippen molar-refractivity contribution in [1.82, 2.24) is 19.9 Å². The number of nitrogens with two attached hydrogens (primary N) is 1. The summed E-state index contributed by atoms with van der Waals surface area (Å²) in [7, 11) is 2.63. The fraction of sp³-hybridized carbons (Fsp3) is 0.500. The maximum absolute atomic E-state index is 12.8. The van der Waals surface area contributed by atoms with Gasteiger partial charge in [0.15, 0.2) is 0 Å². The van der Waals surface area contributed by atoms with Crippen molar-refractivity contribution in [3.8, 4) is 5.82 Å². The summed E-state index contributed by atoms with van der Waals surface area (Å²) < 4.78 is 48.6. The molecule has 44 heavy (non-hydrogen) atoms. The van der Waals surface area contributed by atoms with E-state index in [2.05, 4.69) is 24.8 Å². The normalized spacial score (nSPS) is 12.4. The second kappa shape index (κ2) is 17.2. The number of benzene rings is 1. The number of hydrogen-bond donors (Lipinski definition) is 3. The Morgan fingerprint density at radius 1 is 0.977 bits per heavy atom. The number of imidazole rings is 1. The molecule has 2 heterocycles. The van der Waals surface area contributed by atoms with Gasteiger partial charge in [0.2, 0.25) is 0 Å². The summed E-state index contributed by atoms with van der Waals surface area (Å²) in [5.74, 6) is -0.927. The van der Waals surface area contributed by atoms with Gasteiger partial charge in [-0.25, -0.2) is 14.3 Å². The number of aromatic nitrogens is 3. The zero-order chi connectivity index (χ0) is 33.8. The first-order valence-corrected chi connectivity index (χ1v) is 14.1. The Labute approximate surface area is 254 Å². The lowest BCUT2D eigenvalue weighted by Gasteiger charge is -2.21. The fourth-order valence-corrected chi connectivity index (χ4v) is 3.64. The number of hydrogen-bond acceptors (Lipinski definition) is 8. The fourth-order valence-electron chi connectivity index (χ4n) is 3.64. The monoisotopic (exact) mass is 625 g/mol. The van der Waals surface area contributed by atoms with Crippen molar-refractivity contribution < 1.29 is 37.0 Å². The van der Waals surface area contributed by atoms with Crippen LogP contribution in [0.2, 0.25) is 0 Å². The highest BCUT2D eigenvalue weighted by Gasteiger charge is 2.31. The zero-order valence-corrected chi connectivity index (χ0v) is 26.2. The number of halogens is 3. The van der Waals surface area contributed by atoms with Crippen LogP contribution in [0.15, 0.2) is 41.3 Å². The lowest BCUT2D eigenvalue weighted by atomic mass is 10.0. The number of nitrogens with one attached hydrogen (secondary N) is 2. The molecule has 0 saturated carbocycles. The summed E-state index contributed by atoms with van der Waals surface area (Å²) >= 11 is 0. The highest BCUT2D eigenvalue weighted by Crippen LogP contribution is 2.29. The molecule has 11 nitrogen and oxygen atoms in total. The number of pyridine rings is 1. The number of esters is 2. The van der Waals surface area contributed by atoms with Gasteiger partial charge in [0, 0.05) is 23.8 Å². The van der Waals surface area contributed by atoms with Crippen molar-refractivity contribution in [1.29, 1.82) is 0 Å². The standard InChI is InChI=1S/C21H21F3N4O4.C7H15NO2.C2H6/c1-11(2)15(9-18(29)32-3)26-19(30)12-4-6-14-16(8-12)28(20(31)27-14)17-7-5-13(10-25-17)21(22,23)24;1-5(2)6(8)4-7(9)10-3;1-2/h4-8,10-11,15H,9H2,1-3H3,(H,26,30)(H,27,31);5-6H,4,8H2,1-3H3;1-2H3/t15-;;/m0../s1. The topological polar surface area (TPSA) is 158 Å². The minimum Gasteiger partial charge on any atom is -0.469 e. The Morgan fingerprint density at radius 3 is 2.05 bits per heavy atom. The number of carbonyl (C=O) groups is 3. The number of ether oxygens (including phenoxy) is 2. The van der Waals surface area contributed by atoms with E-state index in [-0.39, 0.29) is 41.2 Å². The van der Waals surface area contributed by atoms with Crippen molar-refractivity contribution in [2.45, 2.75) is 72.6 Å². The zero-order valence-electron chi connectivity index (χ0n) is 26.2. The van der Waals surface area contributed by atoms with Crippen molar-refractivity contribution >= 4 is 28.9 Å². The van der Waals surface area contributed by atoms with Gasteiger partial charge < -0.3 is 25.5 Å². The van der Waals surface area contributed by atoms with Crippen LogP contribution in [0.25, 0.3) is 16.9 Å². The summed E-state index contributed by atoms with van der Waals surface area (Å²) in [6.07, 6.45) is -3.61. The number of nitrogens with zero attached hydrogens (tertiary/aromatic N) is 2. The van der Waals surface area contributed by atoms with E-state index in [4.69, 9.17) is 5.73 Å². The van der Waals surface area contributed by atoms with Crippen LogP contribution in [-0.2, 0) is 25.2 Å². The second-order valence-corrected chi connectivity index (χ2v) is 10.2. The first kappa shape index (κ1) is 37.8. The van der Waals surface area contributed by atoms with Crippen molar-refractivity contribution in [3.05, 3.63) is 58.1 Å². The van der Waals surface area contributed by atoms with Crippen LogP contribution in [0.3, 0.4) is 0 Å². The molecule has 1 unspecified atom stereocenters. The van der Waals surface area contributed by atoms with Crippen LogP contribution in [-0.4, -0.2) is 58.7 Å². The SMILES string of the molecule is CC.COC(=O)CC(N)C(C)C.COC(=O)C[C@H](NC(=O)c1ccc2[nH]c(=O)n(-c3ccc(C(F)(F)F)cn3)c2c1)C(C)C. The molecule has 2 aromatic heterocycles. The Bertz CT molecular complexity index is 1430. The highest BCUT2D eigenvalue weighted by molar-refractivity contribution is 5.98. The van der Waals surface area contributed by atoms with Gasteiger partial charge in [0.1, 0.15) is 5.82 Å². The molecule has 0 aliphatic carbocycles. The van der Waals surface area contributed by atoms with Gasteiger partial charge in [-0.05, 0) is 42.2 Å². The van der Waals surface area contributed by atoms with E-state index >= 15 is 0 Å². The van der Waals surface area contributed by atoms with E-state index in [1.807, 2.05) is 41.5 Å². The number of H-pyrrole nitrogens is 1. The van der Waals surface area contributed by atoms with Crippen LogP contribution in [0.1, 0.15) is 70.3 Å². The Balaban J connectivity index is 0.000000687. The number of amides is 1. The van der Waals surface area contributed by atoms with Gasteiger partial charge >= 0.3 is 23.8 Å². The quantitative estimate of drug-likeness (QED) is 0.291. The predicted molar refractivity (Wildman–Crippen MR) is 160 cm³/mol. The number of rotatable bonds is 9. The molecule has 0 saturated heterocycles. The maximum Gasteiger partial charge on any atom is 0.417 e. The minimum atomic E-state index is -4.56. The van der Waals surface area contributed by atoms with E-state index in [1.165, 1.54) is 32.4 Å². The van der Waals surface area contributed by atoms with Gasteiger partial charge in [0.05, 0.1) is 43.7 Å². The smallest absolute Gasteiger partial charge is 0.417 e. The van der Waals surface area contributed by atoms with Crippen molar-refractivity contribution in [2.24, 2.45) is 17.6 Å². The molecule has 2 atom stereocenters. The maximum atomic E-state index is 12.8. The summed E-state index contributed by atoms with van der Waals surface area (Å²) in [5, 5.41) is 2.77. The van der Waals surface area contributed by atoms with Crippen LogP contribution in [0.4, 0.5) is 13.2 Å². The molecule has 3 aromatic rings. The van der Waals surface area contributed by atoms with E-state index < -0.39 is 35.3 Å². The van der Waals surface area contributed by atoms with E-state index in [0.29, 0.717) is 24.1 Å². The van der Waals surface area contributed by atoms with Crippen LogP contribution >= 0.6 is 0 Å². The molecule has 14 heteroatoms. The Hall–Kier alpha value is -4.20.